The molecule has 2 aromatic rings. The number of nitrogens with one attached hydrogen (secondary N) is 1. The van der Waals surface area contributed by atoms with Crippen LogP contribution < -0.4 is 0 Å². The van der Waals surface area contributed by atoms with Crippen molar-refractivity contribution in [3.63, 3.8) is 0 Å². The number of H-pyrrole nitrogens is 1. The van der Waals surface area contributed by atoms with Crippen molar-refractivity contribution in [2.75, 3.05) is 0 Å². The van der Waals surface area contributed by atoms with Gasteiger partial charge < -0.3 is 4.98 Å². The third-order valence-electron chi connectivity index (χ3n) is 3.67. The number of benzene rings is 1. The molecule has 0 radical (unpaired) electrons. The van der Waals surface area contributed by atoms with Crippen LogP contribution in [0.3, 0.4) is 0 Å². The Bertz CT molecular complexity index is 580. The fraction of sp³-hybridized carbons (Fsp3) is 0.400. The minimum Gasteiger partial charge on any atom is -0.360 e. The maximum Gasteiger partial charge on any atom is 0.165 e. The van der Waals surface area contributed by atoms with Crippen molar-refractivity contribution >= 4 is 16.7 Å². The van der Waals surface area contributed by atoms with Crippen LogP contribution in [0.25, 0.3) is 10.9 Å². The van der Waals surface area contributed by atoms with E-state index in [2.05, 4.69) is 17.1 Å². The first kappa shape index (κ1) is 10.6. The first-order valence-electron chi connectivity index (χ1n) is 6.45. The van der Waals surface area contributed by atoms with Gasteiger partial charge >= 0.3 is 0 Å². The quantitative estimate of drug-likeness (QED) is 0.798. The summed E-state index contributed by atoms with van der Waals surface area (Å²) >= 11 is 0. The fourth-order valence-corrected chi connectivity index (χ4v) is 2.79. The summed E-state index contributed by atoms with van der Waals surface area (Å²) in [5.41, 5.74) is 4.87. The summed E-state index contributed by atoms with van der Waals surface area (Å²) in [6.45, 7) is 2.05. The summed E-state index contributed by atoms with van der Waals surface area (Å²) in [6.07, 6.45) is 7.03. The summed E-state index contributed by atoms with van der Waals surface area (Å²) in [7, 11) is 0. The minimum absolute atomic E-state index is 0.261. The summed E-state index contributed by atoms with van der Waals surface area (Å²) in [5.74, 6) is 0.261. The largest absolute Gasteiger partial charge is 0.360 e. The number of aromatic amines is 1. The lowest BCUT2D eigenvalue weighted by Gasteiger charge is -2.01. The Morgan fingerprint density at radius 1 is 1.29 bits per heavy atom. The van der Waals surface area contributed by atoms with Gasteiger partial charge in [-0.1, -0.05) is 6.92 Å². The minimum atomic E-state index is 0.261. The van der Waals surface area contributed by atoms with Gasteiger partial charge in [-0.15, -0.1) is 0 Å². The summed E-state index contributed by atoms with van der Waals surface area (Å²) in [6, 6.07) is 4.44. The van der Waals surface area contributed by atoms with E-state index in [9.17, 15) is 4.79 Å². The molecule has 1 aliphatic rings. The molecule has 1 N–H and O–H groups in total. The lowest BCUT2D eigenvalue weighted by Crippen LogP contribution is -1.96. The molecule has 1 aromatic heterocycles. The van der Waals surface area contributed by atoms with Crippen LogP contribution in [0, 0.1) is 0 Å². The predicted octanol–water partition coefficient (Wildman–Crippen LogP) is 3.64. The fourth-order valence-electron chi connectivity index (χ4n) is 2.79. The molecule has 0 aliphatic heterocycles. The van der Waals surface area contributed by atoms with Gasteiger partial charge in [0.2, 0.25) is 0 Å². The van der Waals surface area contributed by atoms with E-state index in [0.717, 1.165) is 29.3 Å². The maximum absolute atomic E-state index is 12.0. The average molecular weight is 227 g/mol. The molecule has 3 rings (SSSR count). The highest BCUT2D eigenvalue weighted by atomic mass is 16.1. The van der Waals surface area contributed by atoms with Crippen molar-refractivity contribution in [3.8, 4) is 0 Å². The van der Waals surface area contributed by atoms with Gasteiger partial charge in [0.25, 0.3) is 0 Å². The van der Waals surface area contributed by atoms with E-state index in [1.165, 1.54) is 24.0 Å². The second-order valence-corrected chi connectivity index (χ2v) is 4.90. The van der Waals surface area contributed by atoms with Crippen LogP contribution in [-0.2, 0) is 12.8 Å². The molecule has 0 saturated heterocycles. The van der Waals surface area contributed by atoms with Crippen LogP contribution in [0.15, 0.2) is 18.3 Å². The number of rotatable bonds is 3. The van der Waals surface area contributed by atoms with Crippen LogP contribution in [0.4, 0.5) is 0 Å². The third-order valence-corrected chi connectivity index (χ3v) is 3.67. The van der Waals surface area contributed by atoms with E-state index in [4.69, 9.17) is 0 Å². The first-order valence-corrected chi connectivity index (χ1v) is 6.45. The highest BCUT2D eigenvalue weighted by Gasteiger charge is 2.16. The van der Waals surface area contributed by atoms with Crippen molar-refractivity contribution in [2.24, 2.45) is 0 Å². The number of carbonyl (C=O) groups is 1. The number of hydrogen-bond donors (Lipinski definition) is 1. The van der Waals surface area contributed by atoms with Crippen LogP contribution in [-0.4, -0.2) is 10.8 Å². The molecular weight excluding hydrogens is 210 g/mol. The predicted molar refractivity (Wildman–Crippen MR) is 69.6 cm³/mol. The normalized spacial score (nSPS) is 14.2. The van der Waals surface area contributed by atoms with E-state index < -0.39 is 0 Å². The molecule has 1 heterocycles. The Morgan fingerprint density at radius 3 is 2.82 bits per heavy atom. The van der Waals surface area contributed by atoms with Gasteiger partial charge in [0.15, 0.2) is 5.78 Å². The standard InChI is InChI=1S/C15H17NO/c1-2-4-15(17)13-9-16-14-8-11-6-3-5-10(11)7-12(13)14/h7-9,16H,2-6H2,1H3. The molecule has 1 aromatic carbocycles. The summed E-state index contributed by atoms with van der Waals surface area (Å²) in [5, 5.41) is 1.11. The molecule has 0 spiro atoms. The molecule has 17 heavy (non-hydrogen) atoms. The molecule has 0 unspecified atom stereocenters. The molecule has 2 heteroatoms. The highest BCUT2D eigenvalue weighted by molar-refractivity contribution is 6.08. The monoisotopic (exact) mass is 227 g/mol. The molecular formula is C15H17NO. The Hall–Kier alpha value is -1.57. The lowest BCUT2D eigenvalue weighted by molar-refractivity contribution is 0.0983. The zero-order chi connectivity index (χ0) is 11.8. The van der Waals surface area contributed by atoms with Crippen LogP contribution in [0.2, 0.25) is 0 Å². The highest BCUT2D eigenvalue weighted by Crippen LogP contribution is 2.29. The Labute approximate surface area is 101 Å². The number of aryl methyl sites for hydroxylation is 2. The summed E-state index contributed by atoms with van der Waals surface area (Å²) in [4.78, 5) is 15.2. The van der Waals surface area contributed by atoms with Crippen LogP contribution in [0.5, 0.6) is 0 Å². The number of aromatic nitrogens is 1. The zero-order valence-electron chi connectivity index (χ0n) is 10.2. The topological polar surface area (TPSA) is 32.9 Å². The second kappa shape index (κ2) is 4.02. The van der Waals surface area contributed by atoms with E-state index >= 15 is 0 Å². The number of hydrogen-bond acceptors (Lipinski definition) is 1. The van der Waals surface area contributed by atoms with Gasteiger partial charge in [-0.3, -0.25) is 4.79 Å². The molecule has 0 atom stereocenters. The van der Waals surface area contributed by atoms with Crippen molar-refractivity contribution in [3.05, 3.63) is 35.0 Å². The lowest BCUT2D eigenvalue weighted by atomic mass is 10.0. The molecule has 1 aliphatic carbocycles. The Kier molecular flexibility index (Phi) is 2.50. The second-order valence-electron chi connectivity index (χ2n) is 4.90. The van der Waals surface area contributed by atoms with Crippen molar-refractivity contribution in [1.82, 2.24) is 4.98 Å². The first-order chi connectivity index (χ1) is 8.29. The smallest absolute Gasteiger partial charge is 0.165 e. The van der Waals surface area contributed by atoms with E-state index in [-0.39, 0.29) is 5.78 Å². The zero-order valence-corrected chi connectivity index (χ0v) is 10.2. The molecule has 0 amide bonds. The van der Waals surface area contributed by atoms with Gasteiger partial charge in [0.1, 0.15) is 0 Å². The number of carbonyl (C=O) groups excluding carboxylic acids is 1. The van der Waals surface area contributed by atoms with E-state index in [1.807, 2.05) is 13.1 Å². The molecule has 88 valence electrons. The molecule has 2 nitrogen and oxygen atoms in total. The molecule has 0 saturated carbocycles. The van der Waals surface area contributed by atoms with Crippen molar-refractivity contribution in [2.45, 2.75) is 39.0 Å². The van der Waals surface area contributed by atoms with Gasteiger partial charge in [-0.25, -0.2) is 0 Å². The van der Waals surface area contributed by atoms with Gasteiger partial charge in [0.05, 0.1) is 0 Å². The third kappa shape index (κ3) is 1.68. The van der Waals surface area contributed by atoms with Gasteiger partial charge in [-0.2, -0.15) is 0 Å². The number of Topliss-reactive ketones (excluding diaryl/α,β-unsaturated/α-hetero) is 1. The SMILES string of the molecule is CCCC(=O)c1c[nH]c2cc3c(cc12)CCC3. The van der Waals surface area contributed by atoms with E-state index in [1.54, 1.807) is 0 Å². The van der Waals surface area contributed by atoms with Gasteiger partial charge in [0, 0.05) is 29.1 Å². The maximum atomic E-state index is 12.0. The van der Waals surface area contributed by atoms with Crippen LogP contribution >= 0.6 is 0 Å². The number of ketones is 1. The van der Waals surface area contributed by atoms with Gasteiger partial charge in [-0.05, 0) is 48.9 Å². The van der Waals surface area contributed by atoms with Crippen molar-refractivity contribution < 1.29 is 4.79 Å². The Morgan fingerprint density at radius 2 is 2.06 bits per heavy atom. The average Bonchev–Trinajstić information content (AvgIpc) is 2.91. The van der Waals surface area contributed by atoms with Crippen molar-refractivity contribution in [1.29, 1.82) is 0 Å². The van der Waals surface area contributed by atoms with Crippen LogP contribution in [0.1, 0.15) is 47.7 Å². The number of fused-ring (bicyclic) bond motifs is 2. The molecule has 0 bridgehead atoms. The summed E-state index contributed by atoms with van der Waals surface area (Å²) < 4.78 is 0. The Balaban J connectivity index is 2.12. The van der Waals surface area contributed by atoms with E-state index in [0.29, 0.717) is 6.42 Å². The molecule has 0 fully saturated rings.